The molecule has 2 N–H and O–H groups in total. The lowest BCUT2D eigenvalue weighted by atomic mass is 10.0. The van der Waals surface area contributed by atoms with E-state index < -0.39 is 0 Å². The van der Waals surface area contributed by atoms with Crippen LogP contribution in [0.5, 0.6) is 5.75 Å². The molecule has 0 atom stereocenters. The Morgan fingerprint density at radius 1 is 1.07 bits per heavy atom. The molecule has 2 rings (SSSR count). The summed E-state index contributed by atoms with van der Waals surface area (Å²) in [6.07, 6.45) is 0. The number of nitrogens with one attached hydrogen (secondary N) is 1. The van der Waals surface area contributed by atoms with Gasteiger partial charge in [-0.15, -0.1) is 0 Å². The van der Waals surface area contributed by atoms with Crippen molar-refractivity contribution >= 4 is 17.4 Å². The average molecular weight is 203 g/mol. The molecule has 15 heavy (non-hydrogen) atoms. The number of carbonyl (C=O) groups is 2. The van der Waals surface area contributed by atoms with E-state index in [9.17, 15) is 9.59 Å². The summed E-state index contributed by atoms with van der Waals surface area (Å²) < 4.78 is 0. The first-order valence-corrected chi connectivity index (χ1v) is 4.45. The summed E-state index contributed by atoms with van der Waals surface area (Å²) in [5.74, 6) is -0.618. The molecule has 0 unspecified atom stereocenters. The zero-order valence-corrected chi connectivity index (χ0v) is 8.07. The van der Waals surface area contributed by atoms with E-state index in [0.29, 0.717) is 16.7 Å². The fourth-order valence-corrected chi connectivity index (χ4v) is 1.52. The van der Waals surface area contributed by atoms with Crippen molar-refractivity contribution in [3.63, 3.8) is 0 Å². The second-order valence-electron chi connectivity index (χ2n) is 3.33. The molecule has 2 amide bonds. The lowest BCUT2D eigenvalue weighted by Gasteiger charge is -2.00. The Balaban J connectivity index is 2.51. The summed E-state index contributed by atoms with van der Waals surface area (Å²) in [7, 11) is 0. The molecular formula is C11H9NO3. The maximum atomic E-state index is 11.4. The number of phenolic OH excluding ortho intramolecular Hbond substituents is 1. The van der Waals surface area contributed by atoms with Crippen LogP contribution in [0.2, 0.25) is 0 Å². The first kappa shape index (κ1) is 9.45. The van der Waals surface area contributed by atoms with Gasteiger partial charge in [-0.25, -0.2) is 0 Å². The van der Waals surface area contributed by atoms with Crippen molar-refractivity contribution in [2.75, 3.05) is 0 Å². The van der Waals surface area contributed by atoms with Crippen LogP contribution in [0.4, 0.5) is 0 Å². The minimum atomic E-state index is -0.386. The predicted molar refractivity (Wildman–Crippen MR) is 53.9 cm³/mol. The average Bonchev–Trinajstić information content (AvgIpc) is 2.44. The van der Waals surface area contributed by atoms with Crippen molar-refractivity contribution < 1.29 is 14.7 Å². The number of amides is 2. The van der Waals surface area contributed by atoms with E-state index in [1.165, 1.54) is 12.1 Å². The summed E-state index contributed by atoms with van der Waals surface area (Å²) >= 11 is 0. The third kappa shape index (κ3) is 1.50. The SMILES string of the molecule is CC1=C(c2ccc(O)cc2)C(=O)NC1=O. The zero-order chi connectivity index (χ0) is 11.0. The van der Waals surface area contributed by atoms with Gasteiger partial charge >= 0.3 is 0 Å². The highest BCUT2D eigenvalue weighted by Gasteiger charge is 2.27. The molecule has 0 saturated heterocycles. The minimum Gasteiger partial charge on any atom is -0.508 e. The zero-order valence-electron chi connectivity index (χ0n) is 8.07. The van der Waals surface area contributed by atoms with Gasteiger partial charge in [0, 0.05) is 5.57 Å². The monoisotopic (exact) mass is 203 g/mol. The molecular weight excluding hydrogens is 194 g/mol. The van der Waals surface area contributed by atoms with Crippen molar-refractivity contribution in [1.82, 2.24) is 5.32 Å². The van der Waals surface area contributed by atoms with Crippen molar-refractivity contribution in [2.45, 2.75) is 6.92 Å². The Morgan fingerprint density at radius 2 is 1.67 bits per heavy atom. The van der Waals surface area contributed by atoms with E-state index in [0.717, 1.165) is 0 Å². The van der Waals surface area contributed by atoms with Crippen LogP contribution in [0.3, 0.4) is 0 Å². The molecule has 0 radical (unpaired) electrons. The Hall–Kier alpha value is -2.10. The molecule has 76 valence electrons. The molecule has 0 spiro atoms. The van der Waals surface area contributed by atoms with Gasteiger partial charge in [-0.2, -0.15) is 0 Å². The first-order chi connectivity index (χ1) is 7.09. The smallest absolute Gasteiger partial charge is 0.259 e. The Labute approximate surface area is 86.2 Å². The predicted octanol–water partition coefficient (Wildman–Crippen LogP) is 0.822. The van der Waals surface area contributed by atoms with Crippen molar-refractivity contribution in [3.05, 3.63) is 35.4 Å². The van der Waals surface area contributed by atoms with Gasteiger partial charge < -0.3 is 5.11 Å². The van der Waals surface area contributed by atoms with Gasteiger partial charge in [0.15, 0.2) is 0 Å². The van der Waals surface area contributed by atoms with Crippen LogP contribution < -0.4 is 5.32 Å². The highest BCUT2D eigenvalue weighted by atomic mass is 16.3. The molecule has 0 fully saturated rings. The molecule has 1 aromatic carbocycles. The number of aromatic hydroxyl groups is 1. The second-order valence-corrected chi connectivity index (χ2v) is 3.33. The van der Waals surface area contributed by atoms with Gasteiger partial charge in [-0.1, -0.05) is 12.1 Å². The Kier molecular flexibility index (Phi) is 2.04. The number of rotatable bonds is 1. The van der Waals surface area contributed by atoms with Gasteiger partial charge in [0.05, 0.1) is 5.57 Å². The third-order valence-corrected chi connectivity index (χ3v) is 2.33. The van der Waals surface area contributed by atoms with Gasteiger partial charge in [0.25, 0.3) is 11.8 Å². The molecule has 4 nitrogen and oxygen atoms in total. The van der Waals surface area contributed by atoms with Crippen LogP contribution in [-0.4, -0.2) is 16.9 Å². The lowest BCUT2D eigenvalue weighted by molar-refractivity contribution is -0.123. The third-order valence-electron chi connectivity index (χ3n) is 2.33. The summed E-state index contributed by atoms with van der Waals surface area (Å²) in [6, 6.07) is 6.16. The molecule has 1 aliphatic rings. The number of benzene rings is 1. The normalized spacial score (nSPS) is 15.8. The van der Waals surface area contributed by atoms with E-state index in [4.69, 9.17) is 5.11 Å². The molecule has 1 aromatic rings. The second kappa shape index (κ2) is 3.24. The quantitative estimate of drug-likeness (QED) is 0.664. The van der Waals surface area contributed by atoms with Crippen molar-refractivity contribution in [1.29, 1.82) is 0 Å². The number of imide groups is 1. The van der Waals surface area contributed by atoms with Crippen LogP contribution in [0, 0.1) is 0 Å². The van der Waals surface area contributed by atoms with Gasteiger partial charge in [0.1, 0.15) is 5.75 Å². The highest BCUT2D eigenvalue weighted by molar-refractivity contribution is 6.35. The molecule has 0 saturated carbocycles. The minimum absolute atomic E-state index is 0.127. The van der Waals surface area contributed by atoms with Crippen LogP contribution in [0.15, 0.2) is 29.8 Å². The van der Waals surface area contributed by atoms with E-state index in [1.54, 1.807) is 19.1 Å². The molecule has 4 heteroatoms. The number of carbonyl (C=O) groups excluding carboxylic acids is 2. The van der Waals surface area contributed by atoms with E-state index in [2.05, 4.69) is 5.32 Å². The summed E-state index contributed by atoms with van der Waals surface area (Å²) in [4.78, 5) is 22.6. The van der Waals surface area contributed by atoms with Gasteiger partial charge in [-0.05, 0) is 24.6 Å². The summed E-state index contributed by atoms with van der Waals surface area (Å²) in [5, 5.41) is 11.3. The molecule has 1 aliphatic heterocycles. The molecule has 1 heterocycles. The van der Waals surface area contributed by atoms with Crippen LogP contribution >= 0.6 is 0 Å². The molecule has 0 bridgehead atoms. The van der Waals surface area contributed by atoms with Crippen molar-refractivity contribution in [3.8, 4) is 5.75 Å². The number of phenols is 1. The molecule has 0 aromatic heterocycles. The van der Waals surface area contributed by atoms with Gasteiger partial charge in [-0.3, -0.25) is 14.9 Å². The standard InChI is InChI=1S/C11H9NO3/c1-6-9(11(15)12-10(6)14)7-2-4-8(13)5-3-7/h2-5,13H,1H3,(H,12,14,15). The number of hydrogen-bond acceptors (Lipinski definition) is 3. The highest BCUT2D eigenvalue weighted by Crippen LogP contribution is 2.24. The van der Waals surface area contributed by atoms with Crippen LogP contribution in [0.25, 0.3) is 5.57 Å². The Morgan fingerprint density at radius 3 is 2.13 bits per heavy atom. The van der Waals surface area contributed by atoms with Gasteiger partial charge in [0.2, 0.25) is 0 Å². The fraction of sp³-hybridized carbons (Fsp3) is 0.0909. The number of hydrogen-bond donors (Lipinski definition) is 2. The molecule has 0 aliphatic carbocycles. The topological polar surface area (TPSA) is 66.4 Å². The first-order valence-electron chi connectivity index (χ1n) is 4.45. The largest absolute Gasteiger partial charge is 0.508 e. The fourth-order valence-electron chi connectivity index (χ4n) is 1.52. The van der Waals surface area contributed by atoms with E-state index in [1.807, 2.05) is 0 Å². The summed E-state index contributed by atoms with van der Waals surface area (Å²) in [6.45, 7) is 1.60. The lowest BCUT2D eigenvalue weighted by Crippen LogP contribution is -2.22. The van der Waals surface area contributed by atoms with E-state index in [-0.39, 0.29) is 17.6 Å². The maximum absolute atomic E-state index is 11.4. The maximum Gasteiger partial charge on any atom is 0.259 e. The Bertz CT molecular complexity index is 471. The van der Waals surface area contributed by atoms with Crippen molar-refractivity contribution in [2.24, 2.45) is 0 Å². The summed E-state index contributed by atoms with van der Waals surface area (Å²) in [5.41, 5.74) is 1.42. The van der Waals surface area contributed by atoms with Crippen LogP contribution in [0.1, 0.15) is 12.5 Å². The van der Waals surface area contributed by atoms with Crippen LogP contribution in [-0.2, 0) is 9.59 Å². The van der Waals surface area contributed by atoms with E-state index >= 15 is 0 Å².